The number of nitrogens with zero attached hydrogens (tertiary/aromatic N) is 2. The Morgan fingerprint density at radius 2 is 0.753 bits per heavy atom. The summed E-state index contributed by atoms with van der Waals surface area (Å²) >= 11 is 0. The molecule has 0 bridgehead atoms. The Labute approximate surface area is 517 Å². The largest absolute Gasteiger partial charge is 0.454 e. The van der Waals surface area contributed by atoms with E-state index in [9.17, 15) is 0 Å². The maximum Gasteiger partial charge on any atom is 0.159 e. The zero-order valence-corrected chi connectivity index (χ0v) is 49.7. The number of rotatable bonds is 8. The minimum absolute atomic E-state index is 0.514. The Morgan fingerprint density at radius 1 is 0.292 bits per heavy atom. The van der Waals surface area contributed by atoms with Gasteiger partial charge in [-0.25, -0.2) is 0 Å². The highest BCUT2D eigenvalue weighted by Crippen LogP contribution is 2.67. The molecule has 89 heavy (non-hydrogen) atoms. The number of furan rings is 2. The predicted molar refractivity (Wildman–Crippen MR) is 371 cm³/mol. The molecule has 4 aliphatic carbocycles. The van der Waals surface area contributed by atoms with Crippen LogP contribution in [0, 0.1) is 0 Å². The monoisotopic (exact) mass is 1140 g/mol. The van der Waals surface area contributed by atoms with Crippen molar-refractivity contribution in [2.24, 2.45) is 0 Å². The van der Waals surface area contributed by atoms with Crippen LogP contribution in [0.25, 0.3) is 98.4 Å². The molecule has 19 rings (SSSR count). The fourth-order valence-electron chi connectivity index (χ4n) is 17.4. The minimum atomic E-state index is -0.660. The van der Waals surface area contributed by atoms with E-state index in [1.807, 2.05) is 0 Å². The maximum absolute atomic E-state index is 7.28. The number of benzene rings is 13. The van der Waals surface area contributed by atoms with Crippen molar-refractivity contribution >= 4 is 110 Å². The molecule has 4 heteroatoms. The van der Waals surface area contributed by atoms with Crippen LogP contribution in [0.4, 0.5) is 34.1 Å². The van der Waals surface area contributed by atoms with Gasteiger partial charge in [0.25, 0.3) is 0 Å². The van der Waals surface area contributed by atoms with E-state index in [0.717, 1.165) is 67.2 Å². The SMILES string of the molecule is c1ccc(N(c2ccc3c4c(ccc3c2)-c2c(c3ccc(N(c5ccccc5)c5cccc6c5oc5c(C7CCCCC7)cccc56)cc3c3ccccc23)C42c3ccccc3-c3ccccc32)c2cccc3c2oc2c(C4CCCCC4)cccc23)cc1. The third-order valence-electron chi connectivity index (χ3n) is 21.2. The molecule has 15 aromatic rings. The highest BCUT2D eigenvalue weighted by atomic mass is 16.3. The fraction of sp³-hybridized carbons (Fsp3) is 0.153. The molecule has 0 N–H and O–H groups in total. The van der Waals surface area contributed by atoms with Gasteiger partial charge in [0.2, 0.25) is 0 Å². The zero-order valence-electron chi connectivity index (χ0n) is 49.7. The highest BCUT2D eigenvalue weighted by molar-refractivity contribution is 6.23. The first-order valence-corrected chi connectivity index (χ1v) is 32.5. The van der Waals surface area contributed by atoms with Crippen LogP contribution in [-0.2, 0) is 5.41 Å². The molecule has 0 atom stereocenters. The van der Waals surface area contributed by atoms with Gasteiger partial charge in [0, 0.05) is 44.3 Å². The van der Waals surface area contributed by atoms with Crippen LogP contribution in [0.2, 0.25) is 0 Å². The molecule has 426 valence electrons. The van der Waals surface area contributed by atoms with Gasteiger partial charge >= 0.3 is 0 Å². The zero-order chi connectivity index (χ0) is 58.3. The molecule has 0 aliphatic heterocycles. The summed E-state index contributed by atoms with van der Waals surface area (Å²) in [7, 11) is 0. The van der Waals surface area contributed by atoms with E-state index in [-0.39, 0.29) is 0 Å². The highest BCUT2D eigenvalue weighted by Gasteiger charge is 2.54. The van der Waals surface area contributed by atoms with E-state index in [2.05, 4.69) is 265 Å². The van der Waals surface area contributed by atoms with Crippen molar-refractivity contribution in [3.05, 3.63) is 288 Å². The van der Waals surface area contributed by atoms with Crippen molar-refractivity contribution in [1.29, 1.82) is 0 Å². The molecule has 2 fully saturated rings. The smallest absolute Gasteiger partial charge is 0.159 e. The molecule has 0 amide bonds. The third kappa shape index (κ3) is 7.41. The number of para-hydroxylation sites is 6. The second-order valence-corrected chi connectivity index (χ2v) is 25.7. The lowest BCUT2D eigenvalue weighted by Gasteiger charge is -2.33. The van der Waals surface area contributed by atoms with Crippen LogP contribution in [0.15, 0.2) is 264 Å². The molecule has 4 nitrogen and oxygen atoms in total. The molecule has 13 aromatic carbocycles. The topological polar surface area (TPSA) is 32.8 Å². The summed E-state index contributed by atoms with van der Waals surface area (Å²) in [5, 5.41) is 12.1. The molecule has 2 aromatic heterocycles. The van der Waals surface area contributed by atoms with Crippen LogP contribution in [0.5, 0.6) is 0 Å². The van der Waals surface area contributed by atoms with Gasteiger partial charge in [0.1, 0.15) is 11.2 Å². The van der Waals surface area contributed by atoms with Gasteiger partial charge < -0.3 is 18.6 Å². The Kier molecular flexibility index (Phi) is 11.4. The van der Waals surface area contributed by atoms with Crippen LogP contribution in [0.3, 0.4) is 0 Å². The summed E-state index contributed by atoms with van der Waals surface area (Å²) in [5.74, 6) is 1.03. The Morgan fingerprint density at radius 3 is 1.31 bits per heavy atom. The molecular weight excluding hydrogens is 1080 g/mol. The maximum atomic E-state index is 7.28. The number of hydrogen-bond donors (Lipinski definition) is 0. The van der Waals surface area contributed by atoms with Crippen LogP contribution in [-0.4, -0.2) is 0 Å². The van der Waals surface area contributed by atoms with Crippen molar-refractivity contribution in [2.75, 3.05) is 9.80 Å². The van der Waals surface area contributed by atoms with Gasteiger partial charge in [0.05, 0.1) is 16.8 Å². The van der Waals surface area contributed by atoms with Gasteiger partial charge in [-0.05, 0) is 186 Å². The molecule has 0 unspecified atom stereocenters. The summed E-state index contributed by atoms with van der Waals surface area (Å²) in [6.07, 6.45) is 12.6. The second kappa shape index (κ2) is 19.9. The summed E-state index contributed by atoms with van der Waals surface area (Å²) in [6, 6.07) is 96.0. The summed E-state index contributed by atoms with van der Waals surface area (Å²) in [5.41, 5.74) is 22.8. The standard InChI is InChI=1S/C85H64N2O2/c1-5-23-53(24-6-1)61-35-19-37-68-70-39-21-43-76(83(70)88-81(61)68)86(56-27-9-3-10-28-56)58-46-49-60-55(51-58)45-48-72-78-66-34-14-13-31-63(66)73-52-59(47-50-67(73)80(78)85(79(60)72)74-41-17-15-32-64(74)65-33-16-18-42-75(65)85)87(57-29-11-4-12-30-57)77-44-22-40-71-69-38-20-36-62(82(69)89-84(71)77)54-25-7-2-8-26-54/h3-4,9-22,27-54H,1-2,5-8,23-26H2. The third-order valence-corrected chi connectivity index (χ3v) is 21.2. The van der Waals surface area contributed by atoms with Gasteiger partial charge in [-0.15, -0.1) is 0 Å². The number of fused-ring (bicyclic) bond motifs is 23. The molecule has 4 aliphatic rings. The molecule has 1 spiro atoms. The van der Waals surface area contributed by atoms with E-state index in [1.165, 1.54) is 163 Å². The van der Waals surface area contributed by atoms with Crippen LogP contribution >= 0.6 is 0 Å². The van der Waals surface area contributed by atoms with Crippen molar-refractivity contribution in [3.63, 3.8) is 0 Å². The summed E-state index contributed by atoms with van der Waals surface area (Å²) in [6.45, 7) is 0. The van der Waals surface area contributed by atoms with Crippen molar-refractivity contribution in [2.45, 2.75) is 81.5 Å². The van der Waals surface area contributed by atoms with Crippen molar-refractivity contribution in [3.8, 4) is 22.3 Å². The molecule has 0 saturated heterocycles. The Bertz CT molecular complexity index is 5320. The van der Waals surface area contributed by atoms with E-state index >= 15 is 0 Å². The molecule has 2 saturated carbocycles. The molecule has 2 heterocycles. The normalized spacial score (nSPS) is 15.4. The number of anilines is 6. The molecular formula is C85H64N2O2. The van der Waals surface area contributed by atoms with E-state index in [0.29, 0.717) is 11.8 Å². The minimum Gasteiger partial charge on any atom is -0.454 e. The van der Waals surface area contributed by atoms with Gasteiger partial charge in [-0.2, -0.15) is 0 Å². The first-order chi connectivity index (χ1) is 44.2. The Balaban J connectivity index is 0.836. The van der Waals surface area contributed by atoms with Gasteiger partial charge in [-0.1, -0.05) is 233 Å². The Hall–Kier alpha value is -10.2. The van der Waals surface area contributed by atoms with Gasteiger partial charge in [0.15, 0.2) is 11.2 Å². The number of hydrogen-bond acceptors (Lipinski definition) is 4. The van der Waals surface area contributed by atoms with E-state index < -0.39 is 5.41 Å². The first kappa shape index (κ1) is 50.9. The summed E-state index contributed by atoms with van der Waals surface area (Å²) in [4.78, 5) is 4.85. The van der Waals surface area contributed by atoms with Crippen molar-refractivity contribution in [1.82, 2.24) is 0 Å². The first-order valence-electron chi connectivity index (χ1n) is 32.5. The average molecular weight is 1150 g/mol. The fourth-order valence-corrected chi connectivity index (χ4v) is 17.4. The summed E-state index contributed by atoms with van der Waals surface area (Å²) < 4.78 is 14.5. The quantitative estimate of drug-likeness (QED) is 0.142. The lowest BCUT2D eigenvalue weighted by molar-refractivity contribution is 0.442. The average Bonchev–Trinajstić information content (AvgIpc) is 1.50. The van der Waals surface area contributed by atoms with E-state index in [1.54, 1.807) is 0 Å². The van der Waals surface area contributed by atoms with Crippen LogP contribution in [0.1, 0.15) is 109 Å². The predicted octanol–water partition coefficient (Wildman–Crippen LogP) is 24.3. The van der Waals surface area contributed by atoms with E-state index in [4.69, 9.17) is 8.83 Å². The lowest BCUT2D eigenvalue weighted by Crippen LogP contribution is -2.26. The van der Waals surface area contributed by atoms with Gasteiger partial charge in [-0.3, -0.25) is 0 Å². The molecule has 0 radical (unpaired) electrons. The van der Waals surface area contributed by atoms with Crippen LogP contribution < -0.4 is 9.80 Å². The second-order valence-electron chi connectivity index (χ2n) is 25.7. The lowest BCUT2D eigenvalue weighted by atomic mass is 9.68. The van der Waals surface area contributed by atoms with Crippen molar-refractivity contribution < 1.29 is 8.83 Å².